The fourth-order valence-corrected chi connectivity index (χ4v) is 5.49. The smallest absolute Gasteiger partial charge is 0.296 e. The van der Waals surface area contributed by atoms with Gasteiger partial charge in [-0.2, -0.15) is 13.4 Å². The van der Waals surface area contributed by atoms with E-state index in [-0.39, 0.29) is 17.6 Å². The second kappa shape index (κ2) is 10.7. The Morgan fingerprint density at radius 3 is 2.51 bits per heavy atom. The number of aromatic nitrogens is 3. The van der Waals surface area contributed by atoms with Gasteiger partial charge in [0, 0.05) is 29.8 Å². The van der Waals surface area contributed by atoms with Crippen LogP contribution in [0, 0.1) is 13.8 Å². The van der Waals surface area contributed by atoms with Gasteiger partial charge in [-0.15, -0.1) is 0 Å². The maximum atomic E-state index is 12.6. The van der Waals surface area contributed by atoms with E-state index in [1.807, 2.05) is 81.9 Å². The summed E-state index contributed by atoms with van der Waals surface area (Å²) in [4.78, 5) is 4.83. The molecule has 5 rings (SSSR count). The quantitative estimate of drug-likeness (QED) is 0.202. The van der Waals surface area contributed by atoms with Gasteiger partial charge in [0.15, 0.2) is 0 Å². The normalized spacial score (nSPS) is 11.9. The SMILES string of the molecule is Cc1ccc(S(=O)(=O)OCCc2cn(C)c3c(-c4noc(-c5ccc(OC(C)C)c(C)c5)n4)cccc23)cc1. The first-order chi connectivity index (χ1) is 18.6. The van der Waals surface area contributed by atoms with Gasteiger partial charge in [0.05, 0.1) is 23.1 Å². The van der Waals surface area contributed by atoms with Gasteiger partial charge in [0.2, 0.25) is 5.82 Å². The van der Waals surface area contributed by atoms with Gasteiger partial charge in [-0.1, -0.05) is 35.0 Å². The van der Waals surface area contributed by atoms with E-state index in [9.17, 15) is 8.42 Å². The highest BCUT2D eigenvalue weighted by Crippen LogP contribution is 2.32. The first-order valence-electron chi connectivity index (χ1n) is 12.8. The molecule has 0 bridgehead atoms. The van der Waals surface area contributed by atoms with Crippen molar-refractivity contribution in [3.8, 4) is 28.6 Å². The molecule has 0 aliphatic carbocycles. The van der Waals surface area contributed by atoms with Gasteiger partial charge in [-0.25, -0.2) is 0 Å². The predicted molar refractivity (Wildman–Crippen MR) is 150 cm³/mol. The Morgan fingerprint density at radius 1 is 1.03 bits per heavy atom. The minimum Gasteiger partial charge on any atom is -0.491 e. The van der Waals surface area contributed by atoms with E-state index in [0.717, 1.165) is 44.5 Å². The molecule has 0 spiro atoms. The standard InChI is InChI=1S/C30H31N3O5S/c1-19(2)37-27-14-11-22(17-21(27)4)30-31-29(32-38-30)26-8-6-7-25-23(18-33(5)28(25)26)15-16-36-39(34,35)24-12-9-20(3)10-13-24/h6-14,17-19H,15-16H2,1-5H3. The van der Waals surface area contributed by atoms with E-state index >= 15 is 0 Å². The van der Waals surface area contributed by atoms with Crippen molar-refractivity contribution in [3.63, 3.8) is 0 Å². The molecule has 0 aliphatic heterocycles. The van der Waals surface area contributed by atoms with Crippen molar-refractivity contribution in [2.45, 2.75) is 45.1 Å². The summed E-state index contributed by atoms with van der Waals surface area (Å²) in [7, 11) is -1.89. The maximum absolute atomic E-state index is 12.6. The number of hydrogen-bond donors (Lipinski definition) is 0. The topological polar surface area (TPSA) is 96.5 Å². The van der Waals surface area contributed by atoms with Crippen LogP contribution in [0.15, 0.2) is 76.3 Å². The number of benzene rings is 3. The van der Waals surface area contributed by atoms with Crippen molar-refractivity contribution in [1.29, 1.82) is 0 Å². The Bertz CT molecular complexity index is 1730. The molecule has 0 fully saturated rings. The summed E-state index contributed by atoms with van der Waals surface area (Å²) < 4.78 is 44.0. The highest BCUT2D eigenvalue weighted by molar-refractivity contribution is 7.86. The number of aryl methyl sites for hydroxylation is 3. The Kier molecular flexibility index (Phi) is 7.29. The second-order valence-electron chi connectivity index (χ2n) is 9.88. The first-order valence-corrected chi connectivity index (χ1v) is 14.2. The van der Waals surface area contributed by atoms with Gasteiger partial charge in [-0.05, 0) is 81.6 Å². The van der Waals surface area contributed by atoms with Crippen LogP contribution < -0.4 is 4.74 Å². The fraction of sp³-hybridized carbons (Fsp3) is 0.267. The number of rotatable bonds is 9. The Balaban J connectivity index is 1.37. The van der Waals surface area contributed by atoms with Crippen LogP contribution in [0.5, 0.6) is 5.75 Å². The van der Waals surface area contributed by atoms with Crippen LogP contribution in [0.1, 0.15) is 30.5 Å². The third-order valence-corrected chi connectivity index (χ3v) is 7.78. The summed E-state index contributed by atoms with van der Waals surface area (Å²) in [6.45, 7) is 7.91. The number of ether oxygens (including phenoxy) is 1. The molecule has 0 atom stereocenters. The summed E-state index contributed by atoms with van der Waals surface area (Å²) in [6.07, 6.45) is 2.49. The average molecular weight is 546 g/mol. The predicted octanol–water partition coefficient (Wildman–Crippen LogP) is 6.25. The molecule has 0 saturated carbocycles. The Morgan fingerprint density at radius 2 is 1.79 bits per heavy atom. The molecule has 0 unspecified atom stereocenters. The zero-order chi connectivity index (χ0) is 27.7. The van der Waals surface area contributed by atoms with Crippen molar-refractivity contribution in [2.24, 2.45) is 7.05 Å². The number of fused-ring (bicyclic) bond motifs is 1. The molecule has 39 heavy (non-hydrogen) atoms. The molecule has 0 aliphatic rings. The molecule has 8 nitrogen and oxygen atoms in total. The Hall–Kier alpha value is -3.95. The van der Waals surface area contributed by atoms with Gasteiger partial charge in [0.25, 0.3) is 16.0 Å². The van der Waals surface area contributed by atoms with Crippen molar-refractivity contribution in [2.75, 3.05) is 6.61 Å². The molecule has 0 N–H and O–H groups in total. The average Bonchev–Trinajstić information content (AvgIpc) is 3.51. The van der Waals surface area contributed by atoms with Crippen LogP contribution in [-0.2, 0) is 27.8 Å². The van der Waals surface area contributed by atoms with E-state index in [4.69, 9.17) is 13.4 Å². The fourth-order valence-electron chi connectivity index (χ4n) is 4.58. The molecular formula is C30H31N3O5S. The van der Waals surface area contributed by atoms with E-state index in [2.05, 4.69) is 10.1 Å². The maximum Gasteiger partial charge on any atom is 0.296 e. The number of hydrogen-bond acceptors (Lipinski definition) is 7. The Labute approximate surface area is 228 Å². The summed E-state index contributed by atoms with van der Waals surface area (Å²) in [6, 6.07) is 18.3. The lowest BCUT2D eigenvalue weighted by Gasteiger charge is -2.12. The van der Waals surface area contributed by atoms with Crippen LogP contribution in [0.3, 0.4) is 0 Å². The second-order valence-corrected chi connectivity index (χ2v) is 11.5. The van der Waals surface area contributed by atoms with Gasteiger partial charge >= 0.3 is 0 Å². The minimum atomic E-state index is -3.83. The highest BCUT2D eigenvalue weighted by atomic mass is 32.2. The third kappa shape index (κ3) is 5.60. The van der Waals surface area contributed by atoms with Crippen LogP contribution in [-0.4, -0.2) is 35.8 Å². The summed E-state index contributed by atoms with van der Waals surface area (Å²) in [5.41, 5.74) is 5.50. The van der Waals surface area contributed by atoms with Crippen molar-refractivity contribution < 1.29 is 21.9 Å². The van der Waals surface area contributed by atoms with Gasteiger partial charge in [-0.3, -0.25) is 4.18 Å². The lowest BCUT2D eigenvalue weighted by Crippen LogP contribution is -2.09. The molecule has 0 amide bonds. The zero-order valence-corrected chi connectivity index (χ0v) is 23.5. The van der Waals surface area contributed by atoms with Crippen molar-refractivity contribution in [3.05, 3.63) is 83.6 Å². The molecule has 2 aromatic heterocycles. The third-order valence-electron chi connectivity index (χ3n) is 6.46. The molecule has 0 radical (unpaired) electrons. The van der Waals surface area contributed by atoms with Crippen molar-refractivity contribution in [1.82, 2.24) is 14.7 Å². The van der Waals surface area contributed by atoms with Crippen LogP contribution in [0.2, 0.25) is 0 Å². The minimum absolute atomic E-state index is 0.0295. The van der Waals surface area contributed by atoms with E-state index < -0.39 is 10.1 Å². The van der Waals surface area contributed by atoms with Crippen LogP contribution in [0.4, 0.5) is 0 Å². The summed E-state index contributed by atoms with van der Waals surface area (Å²) >= 11 is 0. The van der Waals surface area contributed by atoms with E-state index in [0.29, 0.717) is 18.1 Å². The molecule has 202 valence electrons. The number of para-hydroxylation sites is 1. The molecule has 5 aromatic rings. The zero-order valence-electron chi connectivity index (χ0n) is 22.6. The van der Waals surface area contributed by atoms with Gasteiger partial charge in [0.1, 0.15) is 5.75 Å². The summed E-state index contributed by atoms with van der Waals surface area (Å²) in [5.74, 6) is 1.72. The monoisotopic (exact) mass is 545 g/mol. The lowest BCUT2D eigenvalue weighted by molar-refractivity contribution is 0.241. The van der Waals surface area contributed by atoms with Crippen LogP contribution >= 0.6 is 0 Å². The van der Waals surface area contributed by atoms with Crippen LogP contribution in [0.25, 0.3) is 33.7 Å². The molecule has 9 heteroatoms. The molecule has 2 heterocycles. The van der Waals surface area contributed by atoms with Crippen molar-refractivity contribution >= 4 is 21.0 Å². The molecule has 3 aromatic carbocycles. The highest BCUT2D eigenvalue weighted by Gasteiger charge is 2.19. The largest absolute Gasteiger partial charge is 0.491 e. The number of nitrogens with zero attached hydrogens (tertiary/aromatic N) is 3. The molecule has 0 saturated heterocycles. The summed E-state index contributed by atoms with van der Waals surface area (Å²) in [5, 5.41) is 5.24. The van der Waals surface area contributed by atoms with E-state index in [1.165, 1.54) is 0 Å². The van der Waals surface area contributed by atoms with Gasteiger partial charge < -0.3 is 13.8 Å². The first kappa shape index (κ1) is 26.6. The van der Waals surface area contributed by atoms with E-state index in [1.54, 1.807) is 24.3 Å². The lowest BCUT2D eigenvalue weighted by atomic mass is 10.1. The molecular weight excluding hydrogens is 514 g/mol.